The Labute approximate surface area is 123 Å². The number of halogens is 1. The Kier molecular flexibility index (Phi) is 3.49. The predicted molar refractivity (Wildman–Crippen MR) is 77.6 cm³/mol. The van der Waals surface area contributed by atoms with E-state index < -0.39 is 5.66 Å². The van der Waals surface area contributed by atoms with Crippen molar-refractivity contribution in [3.8, 4) is 0 Å². The molecule has 2 rings (SSSR count). The second kappa shape index (κ2) is 4.47. The van der Waals surface area contributed by atoms with Crippen LogP contribution in [0.25, 0.3) is 0 Å². The van der Waals surface area contributed by atoms with Crippen LogP contribution in [0.15, 0.2) is 0 Å². The van der Waals surface area contributed by atoms with Crippen molar-refractivity contribution in [1.29, 1.82) is 0 Å². The van der Waals surface area contributed by atoms with E-state index in [0.717, 1.165) is 6.42 Å². The summed E-state index contributed by atoms with van der Waals surface area (Å²) in [6.45, 7) is 9.79. The lowest BCUT2D eigenvalue weighted by atomic mass is 9.65. The first-order valence-corrected chi connectivity index (χ1v) is 7.76. The van der Waals surface area contributed by atoms with Gasteiger partial charge in [-0.2, -0.15) is 0 Å². The molecule has 19 heavy (non-hydrogen) atoms. The Morgan fingerprint density at radius 1 is 1.11 bits per heavy atom. The van der Waals surface area contributed by atoms with Crippen LogP contribution in [-0.4, -0.2) is 22.3 Å². The van der Waals surface area contributed by atoms with Gasteiger partial charge in [-0.05, 0) is 23.7 Å². The molecule has 0 saturated heterocycles. The minimum Gasteiger partial charge on any atom is -0.332 e. The number of rotatable bonds is 2. The number of amides is 2. The van der Waals surface area contributed by atoms with E-state index in [0.29, 0.717) is 11.8 Å². The van der Waals surface area contributed by atoms with Crippen molar-refractivity contribution >= 4 is 27.7 Å². The molecule has 108 valence electrons. The first kappa shape index (κ1) is 14.8. The minimum absolute atomic E-state index is 0.0731. The number of alkyl halides is 1. The quantitative estimate of drug-likeness (QED) is 0.601. The molecule has 2 aliphatic rings. The molecule has 2 bridgehead atoms. The maximum absolute atomic E-state index is 11.6. The summed E-state index contributed by atoms with van der Waals surface area (Å²) in [6, 6.07) is 0. The van der Waals surface area contributed by atoms with Crippen molar-refractivity contribution in [3.05, 3.63) is 0 Å². The minimum atomic E-state index is -0.642. The Morgan fingerprint density at radius 3 is 1.95 bits per heavy atom. The summed E-state index contributed by atoms with van der Waals surface area (Å²) in [5.74, 6) is 0.965. The summed E-state index contributed by atoms with van der Waals surface area (Å²) < 4.78 is 0. The highest BCUT2D eigenvalue weighted by Gasteiger charge is 2.67. The molecule has 0 spiro atoms. The highest BCUT2D eigenvalue weighted by atomic mass is 79.9. The molecular formula is C14H23BrN2O2. The van der Waals surface area contributed by atoms with E-state index in [9.17, 15) is 9.59 Å². The van der Waals surface area contributed by atoms with E-state index in [1.54, 1.807) is 0 Å². The van der Waals surface area contributed by atoms with Crippen LogP contribution in [0.3, 0.4) is 0 Å². The van der Waals surface area contributed by atoms with Crippen LogP contribution < -0.4 is 10.6 Å². The molecule has 0 aliphatic heterocycles. The molecule has 5 heteroatoms. The zero-order valence-electron chi connectivity index (χ0n) is 12.2. The molecule has 2 fully saturated rings. The molecule has 2 N–H and O–H groups in total. The third-order valence-electron chi connectivity index (χ3n) is 5.38. The van der Waals surface area contributed by atoms with Crippen LogP contribution in [-0.2, 0) is 9.59 Å². The lowest BCUT2D eigenvalue weighted by Crippen LogP contribution is -2.70. The summed E-state index contributed by atoms with van der Waals surface area (Å²) in [6.07, 6.45) is 1.03. The van der Waals surface area contributed by atoms with Crippen molar-refractivity contribution in [3.63, 3.8) is 0 Å². The highest BCUT2D eigenvalue weighted by molar-refractivity contribution is 9.09. The molecule has 0 aromatic heterocycles. The lowest BCUT2D eigenvalue weighted by molar-refractivity contribution is -0.127. The van der Waals surface area contributed by atoms with Crippen LogP contribution in [0.1, 0.15) is 41.0 Å². The first-order chi connectivity index (χ1) is 8.63. The van der Waals surface area contributed by atoms with Gasteiger partial charge in [0.2, 0.25) is 11.8 Å². The number of hydrogen-bond acceptors (Lipinski definition) is 2. The number of carbonyl (C=O) groups excluding carboxylic acids is 2. The Morgan fingerprint density at radius 2 is 1.58 bits per heavy atom. The zero-order valence-corrected chi connectivity index (χ0v) is 13.8. The van der Waals surface area contributed by atoms with Gasteiger partial charge in [0, 0.05) is 19.8 Å². The fourth-order valence-electron chi connectivity index (χ4n) is 4.17. The topological polar surface area (TPSA) is 58.2 Å². The molecule has 2 saturated carbocycles. The van der Waals surface area contributed by atoms with Crippen molar-refractivity contribution in [2.45, 2.75) is 51.5 Å². The smallest absolute Gasteiger partial charge is 0.218 e. The fourth-order valence-corrected chi connectivity index (χ4v) is 5.64. The molecular weight excluding hydrogens is 308 g/mol. The van der Waals surface area contributed by atoms with E-state index in [2.05, 4.69) is 47.3 Å². The maximum atomic E-state index is 11.6. The van der Waals surface area contributed by atoms with Gasteiger partial charge in [-0.1, -0.05) is 36.7 Å². The molecule has 4 nitrogen and oxygen atoms in total. The molecule has 2 aliphatic carbocycles. The normalized spacial score (nSPS) is 38.0. The van der Waals surface area contributed by atoms with Crippen molar-refractivity contribution in [1.82, 2.24) is 10.6 Å². The summed E-state index contributed by atoms with van der Waals surface area (Å²) >= 11 is 3.75. The van der Waals surface area contributed by atoms with Gasteiger partial charge in [0.1, 0.15) is 5.66 Å². The van der Waals surface area contributed by atoms with E-state index in [1.165, 1.54) is 13.8 Å². The van der Waals surface area contributed by atoms with Gasteiger partial charge in [-0.3, -0.25) is 9.59 Å². The largest absolute Gasteiger partial charge is 0.332 e. The molecule has 0 radical (unpaired) electrons. The van der Waals surface area contributed by atoms with Crippen LogP contribution in [0, 0.1) is 23.2 Å². The van der Waals surface area contributed by atoms with E-state index in [4.69, 9.17) is 0 Å². The second-order valence-electron chi connectivity index (χ2n) is 6.69. The van der Waals surface area contributed by atoms with Gasteiger partial charge in [-0.25, -0.2) is 0 Å². The average Bonchev–Trinajstić information content (AvgIpc) is 2.62. The van der Waals surface area contributed by atoms with Gasteiger partial charge < -0.3 is 10.6 Å². The predicted octanol–water partition coefficient (Wildman–Crippen LogP) is 2.03. The van der Waals surface area contributed by atoms with Gasteiger partial charge in [0.15, 0.2) is 0 Å². The third kappa shape index (κ3) is 2.01. The Balaban J connectivity index is 2.40. The summed E-state index contributed by atoms with van der Waals surface area (Å²) in [7, 11) is 0. The van der Waals surface area contributed by atoms with Crippen LogP contribution >= 0.6 is 15.9 Å². The molecule has 2 amide bonds. The summed E-state index contributed by atoms with van der Waals surface area (Å²) in [5, 5.41) is 6.04. The lowest BCUT2D eigenvalue weighted by Gasteiger charge is -2.50. The fraction of sp³-hybridized carbons (Fsp3) is 0.857. The summed E-state index contributed by atoms with van der Waals surface area (Å²) in [5.41, 5.74) is -0.420. The van der Waals surface area contributed by atoms with Gasteiger partial charge in [0.25, 0.3) is 0 Å². The van der Waals surface area contributed by atoms with Gasteiger partial charge in [0.05, 0.1) is 4.83 Å². The molecule has 0 aromatic carbocycles. The second-order valence-corrected chi connectivity index (χ2v) is 7.68. The average molecular weight is 331 g/mol. The summed E-state index contributed by atoms with van der Waals surface area (Å²) in [4.78, 5) is 23.3. The zero-order chi connectivity index (χ0) is 14.6. The van der Waals surface area contributed by atoms with Crippen LogP contribution in [0.2, 0.25) is 0 Å². The molecule has 0 unspecified atom stereocenters. The first-order valence-electron chi connectivity index (χ1n) is 6.84. The van der Waals surface area contributed by atoms with E-state index >= 15 is 0 Å². The van der Waals surface area contributed by atoms with E-state index in [1.807, 2.05) is 0 Å². The number of carbonyl (C=O) groups is 2. The Hall–Kier alpha value is -0.580. The van der Waals surface area contributed by atoms with Gasteiger partial charge >= 0.3 is 0 Å². The van der Waals surface area contributed by atoms with Gasteiger partial charge in [-0.15, -0.1) is 0 Å². The molecule has 0 aromatic rings. The van der Waals surface area contributed by atoms with Crippen molar-refractivity contribution in [2.75, 3.05) is 0 Å². The monoisotopic (exact) mass is 330 g/mol. The number of hydrogen-bond donors (Lipinski definition) is 2. The van der Waals surface area contributed by atoms with E-state index in [-0.39, 0.29) is 28.0 Å². The number of nitrogens with one attached hydrogen (secondary N) is 2. The molecule has 0 heterocycles. The third-order valence-corrected chi connectivity index (χ3v) is 6.74. The maximum Gasteiger partial charge on any atom is 0.218 e. The number of fused-ring (bicyclic) bond motifs is 2. The van der Waals surface area contributed by atoms with Crippen molar-refractivity contribution < 1.29 is 9.59 Å². The highest BCUT2D eigenvalue weighted by Crippen LogP contribution is 2.64. The molecule has 4 atom stereocenters. The Bertz CT molecular complexity index is 406. The van der Waals surface area contributed by atoms with Crippen LogP contribution in [0.5, 0.6) is 0 Å². The standard InChI is InChI=1S/C14H23BrN2O2/c1-7-10-6-11(13(7,4)5)12(15)14(10,16-8(2)18)17-9(3)19/h7,10-12H,6H2,1-5H3,(H,16,18)(H,17,19)/t7-,10+,11-,12+/m1/s1. The van der Waals surface area contributed by atoms with Crippen molar-refractivity contribution in [2.24, 2.45) is 23.2 Å². The SMILES string of the molecule is CC(=O)NC1(NC(C)=O)[C@@H](Br)[C@H]2C[C@H]1[C@@H](C)C2(C)C. The van der Waals surface area contributed by atoms with Crippen LogP contribution in [0.4, 0.5) is 0 Å².